The Kier molecular flexibility index (Phi) is 2.01. The van der Waals surface area contributed by atoms with Crippen LogP contribution < -0.4 is 5.43 Å². The highest BCUT2D eigenvalue weighted by Gasteiger charge is 2.06. The van der Waals surface area contributed by atoms with Gasteiger partial charge in [-0.05, 0) is 36.8 Å². The lowest BCUT2D eigenvalue weighted by molar-refractivity contribution is 1.40. The average Bonchev–Trinajstić information content (AvgIpc) is 2.26. The minimum Gasteiger partial charge on any atom is -0.290 e. The fourth-order valence-corrected chi connectivity index (χ4v) is 2.81. The standard InChI is InChI=1S/C13H9NOS/c1-8-2-4-10-12(6-8)16-13-7-9(15)3-5-11(13)14-10/h2-7H,1H3. The molecule has 1 aromatic carbocycles. The van der Waals surface area contributed by atoms with Gasteiger partial charge in [0.15, 0.2) is 5.43 Å². The van der Waals surface area contributed by atoms with Crippen LogP contribution in [0.1, 0.15) is 5.56 Å². The molecule has 1 aliphatic heterocycles. The summed E-state index contributed by atoms with van der Waals surface area (Å²) in [5.74, 6) is 0. The summed E-state index contributed by atoms with van der Waals surface area (Å²) in [5, 5.41) is 0. The van der Waals surface area contributed by atoms with E-state index in [0.717, 1.165) is 20.8 Å². The Hall–Kier alpha value is -1.74. The van der Waals surface area contributed by atoms with Crippen molar-refractivity contribution in [3.8, 4) is 10.6 Å². The molecular weight excluding hydrogens is 218 g/mol. The molecule has 0 spiro atoms. The SMILES string of the molecule is Cc1ccc2nc3ccc(=O)cc-3sc2c1. The maximum Gasteiger partial charge on any atom is 0.180 e. The summed E-state index contributed by atoms with van der Waals surface area (Å²) in [6.07, 6.45) is 0. The van der Waals surface area contributed by atoms with Crippen LogP contribution in [0, 0.1) is 6.92 Å². The maximum absolute atomic E-state index is 11.3. The molecule has 78 valence electrons. The van der Waals surface area contributed by atoms with Crippen LogP contribution in [0.5, 0.6) is 0 Å². The van der Waals surface area contributed by atoms with E-state index >= 15 is 0 Å². The number of aryl methyl sites for hydroxylation is 1. The van der Waals surface area contributed by atoms with E-state index in [1.165, 1.54) is 5.56 Å². The zero-order valence-corrected chi connectivity index (χ0v) is 9.54. The van der Waals surface area contributed by atoms with Crippen molar-refractivity contribution in [2.24, 2.45) is 0 Å². The lowest BCUT2D eigenvalue weighted by Crippen LogP contribution is -1.98. The maximum atomic E-state index is 11.3. The Morgan fingerprint density at radius 3 is 2.88 bits per heavy atom. The molecule has 2 nitrogen and oxygen atoms in total. The highest BCUT2D eigenvalue weighted by atomic mass is 32.1. The van der Waals surface area contributed by atoms with Crippen LogP contribution in [0.4, 0.5) is 0 Å². The summed E-state index contributed by atoms with van der Waals surface area (Å²) in [6, 6.07) is 11.2. The molecule has 1 heterocycles. The first-order valence-electron chi connectivity index (χ1n) is 5.04. The highest BCUT2D eigenvalue weighted by Crippen LogP contribution is 2.29. The van der Waals surface area contributed by atoms with Crippen LogP contribution in [0.2, 0.25) is 0 Å². The molecule has 0 radical (unpaired) electrons. The van der Waals surface area contributed by atoms with E-state index < -0.39 is 0 Å². The van der Waals surface area contributed by atoms with E-state index in [0.29, 0.717) is 0 Å². The van der Waals surface area contributed by atoms with Gasteiger partial charge in [0.05, 0.1) is 20.8 Å². The Balaban J connectivity index is 2.46. The van der Waals surface area contributed by atoms with Gasteiger partial charge in [-0.1, -0.05) is 6.07 Å². The molecule has 3 heteroatoms. The monoisotopic (exact) mass is 227 g/mol. The van der Waals surface area contributed by atoms with E-state index in [1.54, 1.807) is 29.5 Å². The number of nitrogens with zero attached hydrogens (tertiary/aromatic N) is 1. The van der Waals surface area contributed by atoms with Crippen LogP contribution in [0.25, 0.3) is 20.8 Å². The third-order valence-electron chi connectivity index (χ3n) is 2.51. The number of hydrogen-bond acceptors (Lipinski definition) is 3. The molecule has 0 amide bonds. The average molecular weight is 227 g/mol. The molecule has 0 fully saturated rings. The minimum absolute atomic E-state index is 0.0394. The van der Waals surface area contributed by atoms with Crippen LogP contribution in [-0.2, 0) is 0 Å². The molecule has 0 N–H and O–H groups in total. The van der Waals surface area contributed by atoms with Crippen molar-refractivity contribution in [2.75, 3.05) is 0 Å². The van der Waals surface area contributed by atoms with Gasteiger partial charge in [-0.15, -0.1) is 11.3 Å². The Morgan fingerprint density at radius 2 is 2.00 bits per heavy atom. The van der Waals surface area contributed by atoms with Gasteiger partial charge in [-0.3, -0.25) is 4.79 Å². The second-order valence-electron chi connectivity index (χ2n) is 3.81. The predicted octanol–water partition coefficient (Wildman–Crippen LogP) is 3.07. The van der Waals surface area contributed by atoms with Crippen molar-refractivity contribution in [3.05, 3.63) is 52.2 Å². The van der Waals surface area contributed by atoms with E-state index in [2.05, 4.69) is 24.0 Å². The molecule has 0 aromatic heterocycles. The van der Waals surface area contributed by atoms with Crippen molar-refractivity contribution >= 4 is 21.6 Å². The Morgan fingerprint density at radius 1 is 1.12 bits per heavy atom. The van der Waals surface area contributed by atoms with Gasteiger partial charge in [0.25, 0.3) is 0 Å². The van der Waals surface area contributed by atoms with Crippen molar-refractivity contribution in [3.63, 3.8) is 0 Å². The molecule has 0 unspecified atom stereocenters. The van der Waals surface area contributed by atoms with Gasteiger partial charge in [0.2, 0.25) is 0 Å². The van der Waals surface area contributed by atoms with Crippen molar-refractivity contribution in [2.45, 2.75) is 6.92 Å². The molecule has 0 atom stereocenters. The molecule has 3 rings (SSSR count). The first kappa shape index (κ1) is 9.48. The molecule has 1 aliphatic carbocycles. The van der Waals surface area contributed by atoms with Crippen LogP contribution in [-0.4, -0.2) is 4.98 Å². The van der Waals surface area contributed by atoms with E-state index in [4.69, 9.17) is 0 Å². The van der Waals surface area contributed by atoms with Gasteiger partial charge in [-0.2, -0.15) is 0 Å². The third-order valence-corrected chi connectivity index (χ3v) is 3.60. The topological polar surface area (TPSA) is 30.0 Å². The number of aromatic nitrogens is 1. The molecular formula is C13H9NOS. The summed E-state index contributed by atoms with van der Waals surface area (Å²) >= 11 is 1.62. The largest absolute Gasteiger partial charge is 0.290 e. The highest BCUT2D eigenvalue weighted by molar-refractivity contribution is 7.21. The fraction of sp³-hybridized carbons (Fsp3) is 0.0769. The van der Waals surface area contributed by atoms with Gasteiger partial charge in [0.1, 0.15) is 0 Å². The molecule has 0 bridgehead atoms. The van der Waals surface area contributed by atoms with E-state index in [9.17, 15) is 4.79 Å². The molecule has 2 aliphatic rings. The third kappa shape index (κ3) is 1.49. The minimum atomic E-state index is 0.0394. The number of benzene rings is 2. The smallest absolute Gasteiger partial charge is 0.180 e. The summed E-state index contributed by atoms with van der Waals surface area (Å²) < 4.78 is 1.12. The summed E-state index contributed by atoms with van der Waals surface area (Å²) in [7, 11) is 0. The van der Waals surface area contributed by atoms with Crippen LogP contribution >= 0.6 is 11.3 Å². The first-order valence-corrected chi connectivity index (χ1v) is 5.85. The summed E-state index contributed by atoms with van der Waals surface area (Å²) in [6.45, 7) is 2.06. The van der Waals surface area contributed by atoms with Gasteiger partial charge in [-0.25, -0.2) is 4.98 Å². The zero-order chi connectivity index (χ0) is 11.1. The fourth-order valence-electron chi connectivity index (χ4n) is 1.71. The van der Waals surface area contributed by atoms with E-state index in [1.807, 2.05) is 6.07 Å². The lowest BCUT2D eigenvalue weighted by Gasteiger charge is -2.05. The lowest BCUT2D eigenvalue weighted by atomic mass is 10.2. The quantitative estimate of drug-likeness (QED) is 0.552. The number of hydrogen-bond donors (Lipinski definition) is 0. The molecule has 16 heavy (non-hydrogen) atoms. The second kappa shape index (κ2) is 3.39. The van der Waals surface area contributed by atoms with Crippen molar-refractivity contribution in [1.82, 2.24) is 4.98 Å². The summed E-state index contributed by atoms with van der Waals surface area (Å²) in [5.41, 5.74) is 3.13. The van der Waals surface area contributed by atoms with Gasteiger partial charge in [0, 0.05) is 6.07 Å². The predicted molar refractivity (Wildman–Crippen MR) is 67.2 cm³/mol. The molecule has 0 saturated heterocycles. The summed E-state index contributed by atoms with van der Waals surface area (Å²) in [4.78, 5) is 16.7. The van der Waals surface area contributed by atoms with Crippen LogP contribution in [0.15, 0.2) is 41.2 Å². The van der Waals surface area contributed by atoms with Gasteiger partial charge >= 0.3 is 0 Å². The normalized spacial score (nSPS) is 11.1. The van der Waals surface area contributed by atoms with E-state index in [-0.39, 0.29) is 5.43 Å². The van der Waals surface area contributed by atoms with Crippen molar-refractivity contribution < 1.29 is 0 Å². The number of rotatable bonds is 0. The first-order chi connectivity index (χ1) is 7.72. The zero-order valence-electron chi connectivity index (χ0n) is 8.73. The van der Waals surface area contributed by atoms with Gasteiger partial charge < -0.3 is 0 Å². The Labute approximate surface area is 96.5 Å². The second-order valence-corrected chi connectivity index (χ2v) is 4.90. The molecule has 0 saturated carbocycles. The van der Waals surface area contributed by atoms with Crippen molar-refractivity contribution in [1.29, 1.82) is 0 Å². The molecule has 1 aromatic rings. The van der Waals surface area contributed by atoms with Crippen LogP contribution in [0.3, 0.4) is 0 Å². The Bertz CT molecular complexity index is 702. The number of fused-ring (bicyclic) bond motifs is 2.